The van der Waals surface area contributed by atoms with E-state index in [1.807, 2.05) is 6.26 Å². The van der Waals surface area contributed by atoms with Gasteiger partial charge in [0.05, 0.1) is 0 Å². The van der Waals surface area contributed by atoms with Gasteiger partial charge in [-0.25, -0.2) is 4.79 Å². The zero-order valence-electron chi connectivity index (χ0n) is 12.8. The van der Waals surface area contributed by atoms with Gasteiger partial charge in [0.15, 0.2) is 0 Å². The molecule has 0 bridgehead atoms. The lowest BCUT2D eigenvalue weighted by Crippen LogP contribution is -2.43. The molecule has 2 amide bonds. The van der Waals surface area contributed by atoms with Gasteiger partial charge in [0.1, 0.15) is 0 Å². The van der Waals surface area contributed by atoms with Crippen molar-refractivity contribution in [3.63, 3.8) is 0 Å². The summed E-state index contributed by atoms with van der Waals surface area (Å²) >= 11 is 1.72. The van der Waals surface area contributed by atoms with Crippen LogP contribution in [0.2, 0.25) is 0 Å². The number of hydrogen-bond donors (Lipinski definition) is 3. The number of carboxylic acid groups (broad SMARTS) is 1. The van der Waals surface area contributed by atoms with Crippen LogP contribution in [-0.4, -0.2) is 41.7 Å². The molecule has 0 rings (SSSR count). The Labute approximate surface area is 126 Å². The topological polar surface area (TPSA) is 78.4 Å². The summed E-state index contributed by atoms with van der Waals surface area (Å²) in [6.07, 6.45) is 5.60. The maximum absolute atomic E-state index is 11.7. The number of thioether (sulfide) groups is 1. The van der Waals surface area contributed by atoms with Crippen LogP contribution in [-0.2, 0) is 4.79 Å². The van der Waals surface area contributed by atoms with Crippen LogP contribution in [0.5, 0.6) is 0 Å². The molecule has 118 valence electrons. The fourth-order valence-corrected chi connectivity index (χ4v) is 2.69. The molecule has 0 fully saturated rings. The Morgan fingerprint density at radius 1 is 1.20 bits per heavy atom. The van der Waals surface area contributed by atoms with E-state index in [9.17, 15) is 9.59 Å². The predicted molar refractivity (Wildman–Crippen MR) is 84.3 cm³/mol. The van der Waals surface area contributed by atoms with Crippen molar-refractivity contribution in [2.75, 3.05) is 18.6 Å². The van der Waals surface area contributed by atoms with Crippen molar-refractivity contribution in [2.45, 2.75) is 52.0 Å². The standard InChI is InChI=1S/C14H28N2O3S/c1-4-11(6-7-13(17)18)8-9-15-14(19)16-12(5-2)10-20-3/h11-12H,4-10H2,1-3H3,(H,17,18)(H2,15,16,19). The van der Waals surface area contributed by atoms with Gasteiger partial charge in [-0.05, 0) is 31.4 Å². The van der Waals surface area contributed by atoms with E-state index in [1.54, 1.807) is 11.8 Å². The van der Waals surface area contributed by atoms with Crippen molar-refractivity contribution < 1.29 is 14.7 Å². The highest BCUT2D eigenvalue weighted by Gasteiger charge is 2.11. The van der Waals surface area contributed by atoms with Crippen molar-refractivity contribution in [3.05, 3.63) is 0 Å². The Kier molecular flexibility index (Phi) is 11.3. The van der Waals surface area contributed by atoms with Crippen LogP contribution in [0.4, 0.5) is 4.79 Å². The summed E-state index contributed by atoms with van der Waals surface area (Å²) in [6.45, 7) is 4.71. The molecule has 0 aliphatic carbocycles. The Bertz CT molecular complexity index is 288. The van der Waals surface area contributed by atoms with Gasteiger partial charge in [0, 0.05) is 24.8 Å². The van der Waals surface area contributed by atoms with Gasteiger partial charge in [-0.3, -0.25) is 4.79 Å². The molecule has 0 radical (unpaired) electrons. The van der Waals surface area contributed by atoms with Crippen LogP contribution in [0.15, 0.2) is 0 Å². The summed E-state index contributed by atoms with van der Waals surface area (Å²) in [7, 11) is 0. The third-order valence-corrected chi connectivity index (χ3v) is 4.11. The molecule has 2 unspecified atom stereocenters. The lowest BCUT2D eigenvalue weighted by molar-refractivity contribution is -0.137. The summed E-state index contributed by atoms with van der Waals surface area (Å²) in [5.74, 6) is 0.525. The molecule has 3 N–H and O–H groups in total. The summed E-state index contributed by atoms with van der Waals surface area (Å²) in [5.41, 5.74) is 0. The van der Waals surface area contributed by atoms with Crippen molar-refractivity contribution in [2.24, 2.45) is 5.92 Å². The lowest BCUT2D eigenvalue weighted by atomic mass is 9.97. The first kappa shape index (κ1) is 19.1. The van der Waals surface area contributed by atoms with Crippen molar-refractivity contribution in [1.82, 2.24) is 10.6 Å². The van der Waals surface area contributed by atoms with E-state index in [-0.39, 0.29) is 18.5 Å². The fraction of sp³-hybridized carbons (Fsp3) is 0.857. The summed E-state index contributed by atoms with van der Waals surface area (Å²) in [4.78, 5) is 22.2. The third-order valence-electron chi connectivity index (χ3n) is 3.38. The molecular weight excluding hydrogens is 276 g/mol. The molecule has 0 aromatic rings. The van der Waals surface area contributed by atoms with Gasteiger partial charge in [-0.15, -0.1) is 0 Å². The van der Waals surface area contributed by atoms with Gasteiger partial charge in [-0.2, -0.15) is 11.8 Å². The number of carbonyl (C=O) groups is 2. The maximum atomic E-state index is 11.7. The van der Waals surface area contributed by atoms with Crippen LogP contribution in [0.3, 0.4) is 0 Å². The van der Waals surface area contributed by atoms with Crippen LogP contribution >= 0.6 is 11.8 Å². The zero-order chi connectivity index (χ0) is 15.4. The molecule has 0 saturated heterocycles. The van der Waals surface area contributed by atoms with Gasteiger partial charge >= 0.3 is 12.0 Å². The first-order chi connectivity index (χ1) is 9.53. The molecule has 5 nitrogen and oxygen atoms in total. The molecule has 0 heterocycles. The number of carbonyl (C=O) groups excluding carboxylic acids is 1. The number of amides is 2. The molecule has 0 saturated carbocycles. The molecule has 2 atom stereocenters. The molecule has 20 heavy (non-hydrogen) atoms. The van der Waals surface area contributed by atoms with Gasteiger partial charge in [0.25, 0.3) is 0 Å². The van der Waals surface area contributed by atoms with Crippen molar-refractivity contribution in [3.8, 4) is 0 Å². The number of nitrogens with one attached hydrogen (secondary N) is 2. The molecule has 0 aliphatic rings. The van der Waals surface area contributed by atoms with Gasteiger partial charge in [0.2, 0.25) is 0 Å². The molecule has 0 aromatic carbocycles. The average molecular weight is 304 g/mol. The second kappa shape index (κ2) is 11.9. The minimum absolute atomic E-state index is 0.126. The quantitative estimate of drug-likeness (QED) is 0.548. The summed E-state index contributed by atoms with van der Waals surface area (Å²) < 4.78 is 0. The second-order valence-electron chi connectivity index (χ2n) is 4.96. The van der Waals surface area contributed by atoms with E-state index in [2.05, 4.69) is 24.5 Å². The van der Waals surface area contributed by atoms with E-state index in [1.165, 1.54) is 0 Å². The van der Waals surface area contributed by atoms with Gasteiger partial charge < -0.3 is 15.7 Å². The van der Waals surface area contributed by atoms with Crippen LogP contribution in [0.25, 0.3) is 0 Å². The smallest absolute Gasteiger partial charge is 0.315 e. The third kappa shape index (κ3) is 9.95. The van der Waals surface area contributed by atoms with Crippen molar-refractivity contribution in [1.29, 1.82) is 0 Å². The Morgan fingerprint density at radius 3 is 2.40 bits per heavy atom. The van der Waals surface area contributed by atoms with E-state index in [4.69, 9.17) is 5.11 Å². The highest BCUT2D eigenvalue weighted by Crippen LogP contribution is 2.14. The molecule has 0 spiro atoms. The van der Waals surface area contributed by atoms with Crippen LogP contribution in [0, 0.1) is 5.92 Å². The second-order valence-corrected chi connectivity index (χ2v) is 5.87. The summed E-state index contributed by atoms with van der Waals surface area (Å²) in [5, 5.41) is 14.5. The number of carboxylic acids is 1. The van der Waals surface area contributed by atoms with E-state index >= 15 is 0 Å². The lowest BCUT2D eigenvalue weighted by Gasteiger charge is -2.18. The monoisotopic (exact) mass is 304 g/mol. The molecule has 6 heteroatoms. The predicted octanol–water partition coefficient (Wildman–Crippen LogP) is 2.71. The molecule has 0 aliphatic heterocycles. The molecule has 0 aromatic heterocycles. The number of hydrogen-bond acceptors (Lipinski definition) is 3. The van der Waals surface area contributed by atoms with E-state index in [0.717, 1.165) is 25.0 Å². The van der Waals surface area contributed by atoms with Crippen molar-refractivity contribution >= 4 is 23.8 Å². The fourth-order valence-electron chi connectivity index (χ4n) is 1.97. The Morgan fingerprint density at radius 2 is 1.90 bits per heavy atom. The SMILES string of the molecule is CCC(CCNC(=O)NC(CC)CSC)CCC(=O)O. The first-order valence-electron chi connectivity index (χ1n) is 7.28. The summed E-state index contributed by atoms with van der Waals surface area (Å²) in [6, 6.07) is 0.0815. The highest BCUT2D eigenvalue weighted by molar-refractivity contribution is 7.98. The molecular formula is C14H28N2O3S. The Hall–Kier alpha value is -0.910. The number of urea groups is 1. The van der Waals surface area contributed by atoms with E-state index in [0.29, 0.717) is 18.9 Å². The van der Waals surface area contributed by atoms with Gasteiger partial charge in [-0.1, -0.05) is 20.3 Å². The first-order valence-corrected chi connectivity index (χ1v) is 8.67. The van der Waals surface area contributed by atoms with Crippen LogP contribution in [0.1, 0.15) is 46.0 Å². The largest absolute Gasteiger partial charge is 0.481 e. The zero-order valence-corrected chi connectivity index (χ0v) is 13.6. The maximum Gasteiger partial charge on any atom is 0.315 e. The number of rotatable bonds is 11. The Balaban J connectivity index is 3.84. The minimum atomic E-state index is -0.753. The average Bonchev–Trinajstić information content (AvgIpc) is 2.41. The van der Waals surface area contributed by atoms with E-state index < -0.39 is 5.97 Å². The normalized spacial score (nSPS) is 13.6. The highest BCUT2D eigenvalue weighted by atomic mass is 32.2. The van der Waals surface area contributed by atoms with Crippen LogP contribution < -0.4 is 10.6 Å². The number of aliphatic carboxylic acids is 1. The minimum Gasteiger partial charge on any atom is -0.481 e.